The van der Waals surface area contributed by atoms with Gasteiger partial charge in [0, 0.05) is 17.3 Å². The van der Waals surface area contributed by atoms with Crippen LogP contribution in [0.1, 0.15) is 26.4 Å². The summed E-state index contributed by atoms with van der Waals surface area (Å²) in [5, 5.41) is 4.65. The van der Waals surface area contributed by atoms with Crippen molar-refractivity contribution >= 4 is 22.9 Å². The molecule has 0 atom stereocenters. The molecule has 6 heteroatoms. The van der Waals surface area contributed by atoms with Gasteiger partial charge in [-0.3, -0.25) is 4.79 Å². The van der Waals surface area contributed by atoms with E-state index < -0.39 is 11.6 Å². The number of rotatable bonds is 5. The van der Waals surface area contributed by atoms with E-state index in [9.17, 15) is 13.6 Å². The predicted molar refractivity (Wildman–Crippen MR) is 98.9 cm³/mol. The molecule has 0 aliphatic heterocycles. The molecule has 0 fully saturated rings. The van der Waals surface area contributed by atoms with Gasteiger partial charge >= 0.3 is 0 Å². The fourth-order valence-electron chi connectivity index (χ4n) is 2.56. The molecule has 0 spiro atoms. The van der Waals surface area contributed by atoms with E-state index in [2.05, 4.69) is 5.32 Å². The minimum Gasteiger partial charge on any atom is -0.486 e. The predicted octanol–water partition coefficient (Wildman–Crippen LogP) is 5.47. The van der Waals surface area contributed by atoms with E-state index in [1.165, 1.54) is 17.4 Å². The molecule has 1 amide bonds. The molecule has 0 unspecified atom stereocenters. The summed E-state index contributed by atoms with van der Waals surface area (Å²) in [6.07, 6.45) is 0. The van der Waals surface area contributed by atoms with E-state index in [4.69, 9.17) is 4.74 Å². The summed E-state index contributed by atoms with van der Waals surface area (Å²) in [5.41, 5.74) is 3.63. The molecule has 0 bridgehead atoms. The summed E-state index contributed by atoms with van der Waals surface area (Å²) < 4.78 is 31.8. The first-order valence-corrected chi connectivity index (χ1v) is 8.83. The first kappa shape index (κ1) is 18.1. The van der Waals surface area contributed by atoms with Crippen LogP contribution in [-0.2, 0) is 6.61 Å². The Balaban J connectivity index is 1.64. The maximum Gasteiger partial charge on any atom is 0.265 e. The van der Waals surface area contributed by atoms with Crippen LogP contribution >= 0.6 is 11.3 Å². The second kappa shape index (κ2) is 7.66. The summed E-state index contributed by atoms with van der Waals surface area (Å²) in [7, 11) is 0. The summed E-state index contributed by atoms with van der Waals surface area (Å²) in [6, 6.07) is 10.7. The summed E-state index contributed by atoms with van der Waals surface area (Å²) in [4.78, 5) is 12.9. The SMILES string of the molecule is Cc1cc(C)cc(NC(=O)c2cc(COc3ccc(F)cc3F)cs2)c1. The molecule has 1 heterocycles. The van der Waals surface area contributed by atoms with Crippen molar-refractivity contribution in [2.75, 3.05) is 5.32 Å². The number of anilines is 1. The fourth-order valence-corrected chi connectivity index (χ4v) is 3.36. The van der Waals surface area contributed by atoms with Crippen LogP contribution in [0.15, 0.2) is 47.8 Å². The van der Waals surface area contributed by atoms with E-state index in [0.29, 0.717) is 4.88 Å². The van der Waals surface area contributed by atoms with Crippen LogP contribution in [0, 0.1) is 25.5 Å². The third-order valence-corrected chi connectivity index (χ3v) is 4.62. The van der Waals surface area contributed by atoms with E-state index in [-0.39, 0.29) is 18.3 Å². The van der Waals surface area contributed by atoms with Crippen molar-refractivity contribution in [2.45, 2.75) is 20.5 Å². The average molecular weight is 373 g/mol. The normalized spacial score (nSPS) is 10.6. The Hall–Kier alpha value is -2.73. The van der Waals surface area contributed by atoms with Crippen LogP contribution < -0.4 is 10.1 Å². The lowest BCUT2D eigenvalue weighted by atomic mass is 10.1. The first-order valence-electron chi connectivity index (χ1n) is 7.95. The van der Waals surface area contributed by atoms with E-state index in [1.807, 2.05) is 32.0 Å². The molecule has 3 rings (SSSR count). The number of hydrogen-bond acceptors (Lipinski definition) is 3. The summed E-state index contributed by atoms with van der Waals surface area (Å²) in [5.74, 6) is -1.65. The van der Waals surface area contributed by atoms with Crippen molar-refractivity contribution in [1.82, 2.24) is 0 Å². The minimum atomic E-state index is -0.756. The molecule has 0 saturated heterocycles. The lowest BCUT2D eigenvalue weighted by molar-refractivity contribution is 0.103. The Morgan fingerprint density at radius 2 is 1.81 bits per heavy atom. The van der Waals surface area contributed by atoms with E-state index in [0.717, 1.165) is 34.5 Å². The van der Waals surface area contributed by atoms with Crippen LogP contribution in [0.2, 0.25) is 0 Å². The monoisotopic (exact) mass is 373 g/mol. The fraction of sp³-hybridized carbons (Fsp3) is 0.150. The van der Waals surface area contributed by atoms with Crippen molar-refractivity contribution in [2.24, 2.45) is 0 Å². The van der Waals surface area contributed by atoms with Gasteiger partial charge in [-0.2, -0.15) is 0 Å². The third-order valence-electron chi connectivity index (χ3n) is 3.65. The van der Waals surface area contributed by atoms with Crippen LogP contribution in [0.3, 0.4) is 0 Å². The second-order valence-corrected chi connectivity index (χ2v) is 6.92. The van der Waals surface area contributed by atoms with Crippen LogP contribution in [0.25, 0.3) is 0 Å². The molecule has 26 heavy (non-hydrogen) atoms. The zero-order valence-corrected chi connectivity index (χ0v) is 15.1. The van der Waals surface area contributed by atoms with Gasteiger partial charge in [0.25, 0.3) is 5.91 Å². The van der Waals surface area contributed by atoms with Crippen molar-refractivity contribution in [1.29, 1.82) is 0 Å². The van der Waals surface area contributed by atoms with Crippen LogP contribution in [-0.4, -0.2) is 5.91 Å². The van der Waals surface area contributed by atoms with Gasteiger partial charge in [-0.25, -0.2) is 8.78 Å². The number of halogens is 2. The zero-order valence-electron chi connectivity index (χ0n) is 14.3. The molecule has 3 aromatic rings. The largest absolute Gasteiger partial charge is 0.486 e. The molecule has 0 aliphatic carbocycles. The number of thiophene rings is 1. The highest BCUT2D eigenvalue weighted by molar-refractivity contribution is 7.12. The second-order valence-electron chi connectivity index (χ2n) is 6.01. The zero-order chi connectivity index (χ0) is 18.7. The molecular weight excluding hydrogens is 356 g/mol. The summed E-state index contributed by atoms with van der Waals surface area (Å²) in [6.45, 7) is 4.03. The number of nitrogens with one attached hydrogen (secondary N) is 1. The van der Waals surface area contributed by atoms with E-state index >= 15 is 0 Å². The van der Waals surface area contributed by atoms with Crippen LogP contribution in [0.5, 0.6) is 5.75 Å². The molecular formula is C20H17F2NO2S. The number of ether oxygens (including phenoxy) is 1. The first-order chi connectivity index (χ1) is 12.4. The van der Waals surface area contributed by atoms with Crippen molar-refractivity contribution in [3.05, 3.63) is 81.0 Å². The number of benzene rings is 2. The Morgan fingerprint density at radius 1 is 1.08 bits per heavy atom. The lowest BCUT2D eigenvalue weighted by Gasteiger charge is -2.06. The molecule has 2 aromatic carbocycles. The molecule has 0 aliphatic rings. The van der Waals surface area contributed by atoms with Crippen molar-refractivity contribution in [3.63, 3.8) is 0 Å². The average Bonchev–Trinajstić information content (AvgIpc) is 3.02. The molecule has 1 aromatic heterocycles. The molecule has 134 valence electrons. The van der Waals surface area contributed by atoms with Gasteiger partial charge in [0.15, 0.2) is 11.6 Å². The highest BCUT2D eigenvalue weighted by Gasteiger charge is 2.11. The lowest BCUT2D eigenvalue weighted by Crippen LogP contribution is -2.10. The Morgan fingerprint density at radius 3 is 2.50 bits per heavy atom. The number of carbonyl (C=O) groups excluding carboxylic acids is 1. The molecule has 3 nitrogen and oxygen atoms in total. The summed E-state index contributed by atoms with van der Waals surface area (Å²) >= 11 is 1.28. The van der Waals surface area contributed by atoms with Crippen LogP contribution in [0.4, 0.5) is 14.5 Å². The highest BCUT2D eigenvalue weighted by Crippen LogP contribution is 2.22. The number of carbonyl (C=O) groups is 1. The topological polar surface area (TPSA) is 38.3 Å². The number of hydrogen-bond donors (Lipinski definition) is 1. The van der Waals surface area contributed by atoms with Gasteiger partial charge in [0.05, 0.1) is 4.88 Å². The highest BCUT2D eigenvalue weighted by atomic mass is 32.1. The number of amides is 1. The third kappa shape index (κ3) is 4.46. The van der Waals surface area contributed by atoms with Gasteiger partial charge in [0.1, 0.15) is 12.4 Å². The Bertz CT molecular complexity index is 932. The maximum atomic E-state index is 13.6. The van der Waals surface area contributed by atoms with Crippen molar-refractivity contribution < 1.29 is 18.3 Å². The molecule has 0 radical (unpaired) electrons. The van der Waals surface area contributed by atoms with Gasteiger partial charge in [-0.15, -0.1) is 11.3 Å². The minimum absolute atomic E-state index is 0.0289. The molecule has 1 N–H and O–H groups in total. The van der Waals surface area contributed by atoms with Gasteiger partial charge < -0.3 is 10.1 Å². The quantitative estimate of drug-likeness (QED) is 0.644. The van der Waals surface area contributed by atoms with Gasteiger partial charge in [0.2, 0.25) is 0 Å². The van der Waals surface area contributed by atoms with Crippen molar-refractivity contribution in [3.8, 4) is 5.75 Å². The Kier molecular flexibility index (Phi) is 5.32. The smallest absolute Gasteiger partial charge is 0.265 e. The van der Waals surface area contributed by atoms with Gasteiger partial charge in [-0.1, -0.05) is 6.07 Å². The number of aryl methyl sites for hydroxylation is 2. The van der Waals surface area contributed by atoms with E-state index in [1.54, 1.807) is 11.4 Å². The maximum absolute atomic E-state index is 13.6. The van der Waals surface area contributed by atoms with Gasteiger partial charge in [-0.05, 0) is 60.7 Å². The molecule has 0 saturated carbocycles. The Labute approximate surface area is 154 Å². The standard InChI is InChI=1S/C20H17F2NO2S/c1-12-5-13(2)7-16(6-12)23-20(24)19-8-14(11-26-19)10-25-18-4-3-15(21)9-17(18)22/h3-9,11H,10H2,1-2H3,(H,23,24).